The Morgan fingerprint density at radius 1 is 1.06 bits per heavy atom. The quantitative estimate of drug-likeness (QED) is 0.305. The number of methoxy groups -OCH3 is 2. The number of rotatable bonds is 9. The zero-order chi connectivity index (χ0) is 24.7. The molecule has 0 unspecified atom stereocenters. The van der Waals surface area contributed by atoms with Crippen molar-refractivity contribution in [1.82, 2.24) is 5.43 Å². The van der Waals surface area contributed by atoms with Crippen LogP contribution in [0.15, 0.2) is 81.2 Å². The van der Waals surface area contributed by atoms with Crippen molar-refractivity contribution in [3.63, 3.8) is 0 Å². The van der Waals surface area contributed by atoms with E-state index in [0.29, 0.717) is 17.1 Å². The minimum Gasteiger partial charge on any atom is -0.496 e. The number of hydrogen-bond acceptors (Lipinski definition) is 6. The molecule has 0 aliphatic carbocycles. The first kappa shape index (κ1) is 25.5. The lowest BCUT2D eigenvalue weighted by Gasteiger charge is -2.24. The van der Waals surface area contributed by atoms with E-state index in [0.717, 1.165) is 8.78 Å². The number of amides is 1. The van der Waals surface area contributed by atoms with Gasteiger partial charge in [-0.15, -0.1) is 0 Å². The molecule has 0 bridgehead atoms. The molecule has 3 aromatic carbocycles. The van der Waals surface area contributed by atoms with E-state index < -0.39 is 22.5 Å². The molecule has 3 rings (SSSR count). The molecule has 178 valence electrons. The second-order valence-corrected chi connectivity index (χ2v) is 10.0. The van der Waals surface area contributed by atoms with Gasteiger partial charge < -0.3 is 9.47 Å². The number of sulfonamides is 1. The van der Waals surface area contributed by atoms with Crippen LogP contribution in [-0.2, 0) is 14.8 Å². The van der Waals surface area contributed by atoms with Gasteiger partial charge in [-0.3, -0.25) is 9.10 Å². The van der Waals surface area contributed by atoms with Crippen molar-refractivity contribution in [2.45, 2.75) is 4.90 Å². The molecular weight excluding hydrogens is 546 g/mol. The van der Waals surface area contributed by atoms with Crippen LogP contribution < -0.4 is 19.2 Å². The third-order valence-corrected chi connectivity index (χ3v) is 7.20. The van der Waals surface area contributed by atoms with E-state index in [2.05, 4.69) is 26.5 Å². The molecule has 1 N–H and O–H groups in total. The maximum atomic E-state index is 13.4. The first-order valence-corrected chi connectivity index (χ1v) is 12.4. The highest BCUT2D eigenvalue weighted by Crippen LogP contribution is 2.31. The van der Waals surface area contributed by atoms with Gasteiger partial charge in [0.25, 0.3) is 15.9 Å². The van der Waals surface area contributed by atoms with E-state index in [1.54, 1.807) is 36.4 Å². The summed E-state index contributed by atoms with van der Waals surface area (Å²) in [5, 5.41) is 4.15. The van der Waals surface area contributed by atoms with Crippen LogP contribution in [0, 0.1) is 0 Å². The van der Waals surface area contributed by atoms with Crippen molar-refractivity contribution in [2.24, 2.45) is 5.10 Å². The van der Waals surface area contributed by atoms with E-state index in [-0.39, 0.29) is 15.6 Å². The molecule has 0 aliphatic rings. The molecule has 34 heavy (non-hydrogen) atoms. The summed E-state index contributed by atoms with van der Waals surface area (Å²) in [7, 11) is -1.12. The number of ether oxygens (including phenoxy) is 2. The normalized spacial score (nSPS) is 11.3. The Hall–Kier alpha value is -3.08. The first-order chi connectivity index (χ1) is 16.3. The second kappa shape index (κ2) is 11.4. The Kier molecular flexibility index (Phi) is 8.54. The fraction of sp³-hybridized carbons (Fsp3) is 0.130. The van der Waals surface area contributed by atoms with Crippen LogP contribution in [0.25, 0.3) is 0 Å². The predicted molar refractivity (Wildman–Crippen MR) is 135 cm³/mol. The maximum absolute atomic E-state index is 13.4. The van der Waals surface area contributed by atoms with Gasteiger partial charge in [0.15, 0.2) is 0 Å². The fourth-order valence-electron chi connectivity index (χ4n) is 2.99. The van der Waals surface area contributed by atoms with Gasteiger partial charge in [0.1, 0.15) is 18.0 Å². The largest absolute Gasteiger partial charge is 0.496 e. The van der Waals surface area contributed by atoms with E-state index >= 15 is 0 Å². The monoisotopic (exact) mass is 565 g/mol. The molecule has 1 amide bonds. The molecular formula is C23H21BrClN3O5S. The van der Waals surface area contributed by atoms with Gasteiger partial charge in [-0.25, -0.2) is 13.8 Å². The smallest absolute Gasteiger partial charge is 0.264 e. The minimum atomic E-state index is -4.08. The van der Waals surface area contributed by atoms with E-state index in [1.165, 1.54) is 50.8 Å². The van der Waals surface area contributed by atoms with Crippen molar-refractivity contribution in [3.8, 4) is 11.5 Å². The number of carbonyl (C=O) groups is 1. The van der Waals surface area contributed by atoms with Crippen LogP contribution in [0.1, 0.15) is 5.56 Å². The SMILES string of the molecule is COc1ccc(N(CC(=O)N/N=C/c2cc(Br)ccc2OC)S(=O)(=O)c2ccccc2)cc1Cl. The molecule has 3 aromatic rings. The lowest BCUT2D eigenvalue weighted by Crippen LogP contribution is -2.39. The molecule has 0 heterocycles. The van der Waals surface area contributed by atoms with Crippen molar-refractivity contribution in [1.29, 1.82) is 0 Å². The number of carbonyl (C=O) groups excluding carboxylic acids is 1. The van der Waals surface area contributed by atoms with E-state index in [4.69, 9.17) is 21.1 Å². The van der Waals surface area contributed by atoms with Gasteiger partial charge in [0.05, 0.1) is 36.0 Å². The Morgan fingerprint density at radius 2 is 1.74 bits per heavy atom. The lowest BCUT2D eigenvalue weighted by atomic mass is 10.2. The van der Waals surface area contributed by atoms with E-state index in [9.17, 15) is 13.2 Å². The molecule has 0 fully saturated rings. The molecule has 0 spiro atoms. The zero-order valence-corrected chi connectivity index (χ0v) is 21.4. The zero-order valence-electron chi connectivity index (χ0n) is 18.2. The van der Waals surface area contributed by atoms with Crippen LogP contribution in [0.3, 0.4) is 0 Å². The van der Waals surface area contributed by atoms with Crippen molar-refractivity contribution in [2.75, 3.05) is 25.1 Å². The summed E-state index contributed by atoms with van der Waals surface area (Å²) < 4.78 is 38.9. The summed E-state index contributed by atoms with van der Waals surface area (Å²) in [5.74, 6) is 0.276. The summed E-state index contributed by atoms with van der Waals surface area (Å²) in [6.45, 7) is -0.535. The van der Waals surface area contributed by atoms with Crippen molar-refractivity contribution < 1.29 is 22.7 Å². The molecule has 8 nitrogen and oxygen atoms in total. The third kappa shape index (κ3) is 6.07. The average Bonchev–Trinajstić information content (AvgIpc) is 2.83. The highest BCUT2D eigenvalue weighted by Gasteiger charge is 2.27. The average molecular weight is 567 g/mol. The van der Waals surface area contributed by atoms with Crippen LogP contribution >= 0.6 is 27.5 Å². The molecule has 0 aliphatic heterocycles. The number of nitrogens with zero attached hydrogens (tertiary/aromatic N) is 2. The minimum absolute atomic E-state index is 0.0251. The fourth-order valence-corrected chi connectivity index (χ4v) is 5.06. The van der Waals surface area contributed by atoms with E-state index in [1.807, 2.05) is 0 Å². The Bertz CT molecular complexity index is 1300. The predicted octanol–water partition coefficient (Wildman–Crippen LogP) is 4.47. The van der Waals surface area contributed by atoms with Gasteiger partial charge in [-0.2, -0.15) is 5.10 Å². The first-order valence-electron chi connectivity index (χ1n) is 9.83. The summed E-state index contributed by atoms with van der Waals surface area (Å²) >= 11 is 9.58. The van der Waals surface area contributed by atoms with Crippen molar-refractivity contribution in [3.05, 3.63) is 81.8 Å². The molecule has 0 saturated heterocycles. The topological polar surface area (TPSA) is 97.3 Å². The van der Waals surface area contributed by atoms with Crippen LogP contribution in [-0.4, -0.2) is 41.3 Å². The molecule has 0 radical (unpaired) electrons. The van der Waals surface area contributed by atoms with Gasteiger partial charge in [0.2, 0.25) is 0 Å². The van der Waals surface area contributed by atoms with Crippen LogP contribution in [0.5, 0.6) is 11.5 Å². The molecule has 0 aromatic heterocycles. The Morgan fingerprint density at radius 3 is 2.38 bits per heavy atom. The molecule has 11 heteroatoms. The van der Waals surface area contributed by atoms with Gasteiger partial charge in [-0.05, 0) is 48.5 Å². The summed E-state index contributed by atoms with van der Waals surface area (Å²) in [5.41, 5.74) is 3.17. The summed E-state index contributed by atoms with van der Waals surface area (Å²) in [6.07, 6.45) is 1.40. The lowest BCUT2D eigenvalue weighted by molar-refractivity contribution is -0.119. The Labute approximate surface area is 211 Å². The van der Waals surface area contributed by atoms with Gasteiger partial charge in [0, 0.05) is 10.0 Å². The summed E-state index contributed by atoms with van der Waals surface area (Å²) in [4.78, 5) is 12.7. The number of hydrogen-bond donors (Lipinski definition) is 1. The standard InChI is InChI=1S/C23H21BrClN3O5S/c1-32-21-10-8-17(24)12-16(21)14-26-27-23(29)15-28(18-9-11-22(33-2)20(25)13-18)34(30,31)19-6-4-3-5-7-19/h3-14H,15H2,1-2H3,(H,27,29)/b26-14+. The number of benzene rings is 3. The molecule has 0 atom stereocenters. The van der Waals surface area contributed by atoms with Gasteiger partial charge in [-0.1, -0.05) is 45.7 Å². The van der Waals surface area contributed by atoms with Crippen LogP contribution in [0.4, 0.5) is 5.69 Å². The number of hydrazone groups is 1. The second-order valence-electron chi connectivity index (χ2n) is 6.82. The number of anilines is 1. The third-order valence-electron chi connectivity index (χ3n) is 4.63. The molecule has 0 saturated carbocycles. The van der Waals surface area contributed by atoms with Gasteiger partial charge >= 0.3 is 0 Å². The number of halogens is 2. The highest BCUT2D eigenvalue weighted by molar-refractivity contribution is 9.10. The Balaban J connectivity index is 1.88. The maximum Gasteiger partial charge on any atom is 0.264 e. The highest BCUT2D eigenvalue weighted by atomic mass is 79.9. The summed E-state index contributed by atoms with van der Waals surface area (Å²) in [6, 6.07) is 17.6. The number of nitrogens with one attached hydrogen (secondary N) is 1. The van der Waals surface area contributed by atoms with Crippen LogP contribution in [0.2, 0.25) is 5.02 Å². The van der Waals surface area contributed by atoms with Crippen molar-refractivity contribution >= 4 is 55.4 Å².